The van der Waals surface area contributed by atoms with E-state index >= 15 is 0 Å². The second-order valence-electron chi connectivity index (χ2n) is 3.97. The lowest BCUT2D eigenvalue weighted by molar-refractivity contribution is -0.140. The largest absolute Gasteiger partial charge is 0.419 e. The van der Waals surface area contributed by atoms with Crippen molar-refractivity contribution >= 4 is 22.4 Å². The molecule has 1 amide bonds. The molecule has 0 radical (unpaired) electrons. The average Bonchev–Trinajstić information content (AvgIpc) is 2.85. The molecule has 0 atom stereocenters. The number of rotatable bonds is 3. The lowest BCUT2D eigenvalue weighted by Gasteiger charge is -2.10. The summed E-state index contributed by atoms with van der Waals surface area (Å²) in [5.41, 5.74) is -2.18. The van der Waals surface area contributed by atoms with Crippen molar-refractivity contribution in [1.82, 2.24) is 10.2 Å². The third-order valence-electron chi connectivity index (χ3n) is 2.54. The zero-order valence-electron chi connectivity index (χ0n) is 10.7. The summed E-state index contributed by atoms with van der Waals surface area (Å²) in [6, 6.07) is 2.52. The molecule has 0 aliphatic rings. The van der Waals surface area contributed by atoms with Crippen molar-refractivity contribution in [3.05, 3.63) is 40.2 Å². The van der Waals surface area contributed by atoms with Crippen LogP contribution in [0.15, 0.2) is 18.2 Å². The zero-order chi connectivity index (χ0) is 15.6. The number of aryl methyl sites for hydroxylation is 1. The molecule has 0 fully saturated rings. The van der Waals surface area contributed by atoms with E-state index in [9.17, 15) is 22.4 Å². The number of anilines is 1. The fourth-order valence-corrected chi connectivity index (χ4v) is 2.21. The number of hydrogen-bond donors (Lipinski definition) is 1. The topological polar surface area (TPSA) is 54.9 Å². The minimum absolute atomic E-state index is 0.105. The molecule has 21 heavy (non-hydrogen) atoms. The van der Waals surface area contributed by atoms with Crippen molar-refractivity contribution in [1.29, 1.82) is 0 Å². The highest BCUT2D eigenvalue weighted by Crippen LogP contribution is 2.32. The van der Waals surface area contributed by atoms with E-state index in [1.165, 1.54) is 0 Å². The molecule has 0 aliphatic carbocycles. The highest BCUT2D eigenvalue weighted by molar-refractivity contribution is 7.15. The number of aromatic nitrogens is 2. The molecule has 0 saturated carbocycles. The molecule has 0 aliphatic heterocycles. The molecule has 1 N–H and O–H groups in total. The molecule has 112 valence electrons. The lowest BCUT2D eigenvalue weighted by Crippen LogP contribution is -2.17. The van der Waals surface area contributed by atoms with E-state index in [0.717, 1.165) is 23.5 Å². The summed E-state index contributed by atoms with van der Waals surface area (Å²) in [5.74, 6) is -2.61. The Morgan fingerprint density at radius 3 is 2.62 bits per heavy atom. The van der Waals surface area contributed by atoms with Gasteiger partial charge in [-0.05, 0) is 18.6 Å². The van der Waals surface area contributed by atoms with Gasteiger partial charge in [-0.2, -0.15) is 13.2 Å². The number of nitrogens with one attached hydrogen (secondary N) is 1. The normalized spacial score (nSPS) is 11.5. The van der Waals surface area contributed by atoms with Gasteiger partial charge in [0, 0.05) is 0 Å². The highest BCUT2D eigenvalue weighted by Gasteiger charge is 2.35. The summed E-state index contributed by atoms with van der Waals surface area (Å²) in [6.45, 7) is 1.83. The van der Waals surface area contributed by atoms with Crippen molar-refractivity contribution in [2.75, 3.05) is 5.32 Å². The first-order valence-electron chi connectivity index (χ1n) is 5.82. The third-order valence-corrected chi connectivity index (χ3v) is 3.52. The van der Waals surface area contributed by atoms with Gasteiger partial charge in [0.05, 0.1) is 11.1 Å². The van der Waals surface area contributed by atoms with Crippen LogP contribution in [0.25, 0.3) is 0 Å². The minimum Gasteiger partial charge on any atom is -0.296 e. The number of amides is 1. The van der Waals surface area contributed by atoms with E-state index in [-0.39, 0.29) is 5.13 Å². The van der Waals surface area contributed by atoms with Crippen LogP contribution in [0.3, 0.4) is 0 Å². The van der Waals surface area contributed by atoms with Crippen LogP contribution in [0.1, 0.15) is 27.9 Å². The maximum absolute atomic E-state index is 13.8. The lowest BCUT2D eigenvalue weighted by atomic mass is 10.1. The fourth-order valence-electron chi connectivity index (χ4n) is 1.54. The van der Waals surface area contributed by atoms with Crippen molar-refractivity contribution in [3.63, 3.8) is 0 Å². The number of hydrogen-bond acceptors (Lipinski definition) is 4. The molecule has 4 nitrogen and oxygen atoms in total. The molecule has 0 spiro atoms. The number of carbonyl (C=O) groups excluding carboxylic acids is 1. The molecule has 9 heteroatoms. The minimum atomic E-state index is -4.86. The highest BCUT2D eigenvalue weighted by atomic mass is 32.1. The Labute approximate surface area is 120 Å². The summed E-state index contributed by atoms with van der Waals surface area (Å²) in [4.78, 5) is 11.8. The van der Waals surface area contributed by atoms with Gasteiger partial charge in [0.15, 0.2) is 0 Å². The average molecular weight is 319 g/mol. The maximum atomic E-state index is 13.8. The molecule has 2 rings (SSSR count). The van der Waals surface area contributed by atoms with Gasteiger partial charge in [-0.3, -0.25) is 10.1 Å². The Balaban J connectivity index is 2.27. The van der Waals surface area contributed by atoms with Crippen LogP contribution in [0.5, 0.6) is 0 Å². The van der Waals surface area contributed by atoms with Gasteiger partial charge in [-0.25, -0.2) is 4.39 Å². The third kappa shape index (κ3) is 3.35. The van der Waals surface area contributed by atoms with Crippen LogP contribution >= 0.6 is 11.3 Å². The summed E-state index contributed by atoms with van der Waals surface area (Å²) < 4.78 is 51.5. The fraction of sp³-hybridized carbons (Fsp3) is 0.250. The second kappa shape index (κ2) is 5.76. The van der Waals surface area contributed by atoms with Crippen molar-refractivity contribution in [2.45, 2.75) is 19.5 Å². The van der Waals surface area contributed by atoms with E-state index in [1.807, 2.05) is 6.92 Å². The Hall–Kier alpha value is -2.03. The van der Waals surface area contributed by atoms with Crippen LogP contribution < -0.4 is 5.32 Å². The molecule has 1 heterocycles. The van der Waals surface area contributed by atoms with Gasteiger partial charge in [-0.1, -0.05) is 24.3 Å². The molecule has 0 bridgehead atoms. The second-order valence-corrected chi connectivity index (χ2v) is 5.04. The van der Waals surface area contributed by atoms with Gasteiger partial charge in [0.1, 0.15) is 10.8 Å². The monoisotopic (exact) mass is 319 g/mol. The summed E-state index contributed by atoms with van der Waals surface area (Å²) in [5, 5.41) is 10.4. The van der Waals surface area contributed by atoms with E-state index < -0.39 is 29.0 Å². The smallest absolute Gasteiger partial charge is 0.296 e. The van der Waals surface area contributed by atoms with Gasteiger partial charge in [0.25, 0.3) is 5.91 Å². The van der Waals surface area contributed by atoms with Crippen molar-refractivity contribution in [2.24, 2.45) is 0 Å². The van der Waals surface area contributed by atoms with Crippen LogP contribution in [0, 0.1) is 5.82 Å². The Morgan fingerprint density at radius 1 is 1.33 bits per heavy atom. The number of nitrogens with zero attached hydrogens (tertiary/aromatic N) is 2. The van der Waals surface area contributed by atoms with Crippen LogP contribution in [-0.4, -0.2) is 16.1 Å². The first kappa shape index (κ1) is 15.4. The summed E-state index contributed by atoms with van der Waals surface area (Å²) in [7, 11) is 0. The molecule has 1 aromatic heterocycles. The Morgan fingerprint density at radius 2 is 2.05 bits per heavy atom. The SMILES string of the molecule is CCc1nnc(NC(=O)c2cccc(C(F)(F)F)c2F)s1. The van der Waals surface area contributed by atoms with Crippen LogP contribution in [0.2, 0.25) is 0 Å². The number of halogens is 4. The quantitative estimate of drug-likeness (QED) is 0.881. The van der Waals surface area contributed by atoms with Crippen LogP contribution in [0.4, 0.5) is 22.7 Å². The standard InChI is InChI=1S/C12H9F4N3OS/c1-2-8-18-19-11(21-8)17-10(20)6-4-3-5-7(9(6)13)12(14,15)16/h3-5H,2H2,1H3,(H,17,19,20). The maximum Gasteiger partial charge on any atom is 0.419 e. The number of carbonyl (C=O) groups is 1. The predicted molar refractivity (Wildman–Crippen MR) is 68.6 cm³/mol. The Kier molecular flexibility index (Phi) is 4.21. The van der Waals surface area contributed by atoms with E-state index in [2.05, 4.69) is 15.5 Å². The van der Waals surface area contributed by atoms with Gasteiger partial charge >= 0.3 is 6.18 Å². The van der Waals surface area contributed by atoms with Gasteiger partial charge < -0.3 is 0 Å². The molecular formula is C12H9F4N3OS. The molecule has 0 saturated heterocycles. The number of alkyl halides is 3. The van der Waals surface area contributed by atoms with Crippen molar-refractivity contribution in [3.8, 4) is 0 Å². The molecule has 0 unspecified atom stereocenters. The first-order valence-corrected chi connectivity index (χ1v) is 6.64. The summed E-state index contributed by atoms with van der Waals surface area (Å²) >= 11 is 1.07. The van der Waals surface area contributed by atoms with Crippen LogP contribution in [-0.2, 0) is 12.6 Å². The van der Waals surface area contributed by atoms with E-state index in [4.69, 9.17) is 0 Å². The Bertz CT molecular complexity index is 669. The van der Waals surface area contributed by atoms with Gasteiger partial charge in [-0.15, -0.1) is 10.2 Å². The molecular weight excluding hydrogens is 310 g/mol. The predicted octanol–water partition coefficient (Wildman–Crippen LogP) is 3.51. The zero-order valence-corrected chi connectivity index (χ0v) is 11.5. The van der Waals surface area contributed by atoms with E-state index in [0.29, 0.717) is 17.5 Å². The molecule has 2 aromatic rings. The first-order chi connectivity index (χ1) is 9.82. The number of benzene rings is 1. The molecule has 1 aromatic carbocycles. The van der Waals surface area contributed by atoms with Crippen molar-refractivity contribution < 1.29 is 22.4 Å². The summed E-state index contributed by atoms with van der Waals surface area (Å²) in [6.07, 6.45) is -4.26. The van der Waals surface area contributed by atoms with E-state index in [1.54, 1.807) is 0 Å². The van der Waals surface area contributed by atoms with Gasteiger partial charge in [0.2, 0.25) is 5.13 Å².